The Kier molecular flexibility index (Phi) is 6.27. The minimum Gasteiger partial charge on any atom is -0.334 e. The lowest BCUT2D eigenvalue weighted by atomic mass is 10.1. The molecule has 1 aromatic carbocycles. The van der Waals surface area contributed by atoms with Gasteiger partial charge in [-0.15, -0.1) is 12.4 Å². The molecule has 0 aliphatic rings. The number of halogens is 1. The van der Waals surface area contributed by atoms with Crippen LogP contribution in [0.25, 0.3) is 22.9 Å². The van der Waals surface area contributed by atoms with Crippen LogP contribution < -0.4 is 5.32 Å². The number of hydrogen-bond donors (Lipinski definition) is 1. The molecule has 0 fully saturated rings. The molecular weight excluding hydrogens is 342 g/mol. The highest BCUT2D eigenvalue weighted by Crippen LogP contribution is 2.30. The predicted octanol–water partition coefficient (Wildman–Crippen LogP) is 3.48. The van der Waals surface area contributed by atoms with Crippen molar-refractivity contribution in [2.75, 3.05) is 7.05 Å². The Labute approximate surface area is 152 Å². The molecule has 0 saturated carbocycles. The van der Waals surface area contributed by atoms with E-state index in [1.165, 1.54) is 0 Å². The van der Waals surface area contributed by atoms with Crippen LogP contribution in [0.4, 0.5) is 0 Å². The van der Waals surface area contributed by atoms with Crippen molar-refractivity contribution < 1.29 is 9.05 Å². The van der Waals surface area contributed by atoms with Gasteiger partial charge in [-0.3, -0.25) is 0 Å². The number of nitrogens with zero attached hydrogens (tertiary/aromatic N) is 4. The summed E-state index contributed by atoms with van der Waals surface area (Å²) >= 11 is 0. The molecule has 134 valence electrons. The lowest BCUT2D eigenvalue weighted by Gasteiger charge is -2.04. The molecule has 3 aromatic rings. The summed E-state index contributed by atoms with van der Waals surface area (Å²) in [5.41, 5.74) is 1.57. The fraction of sp³-hybridized carbons (Fsp3) is 0.412. The molecule has 1 unspecified atom stereocenters. The van der Waals surface area contributed by atoms with Gasteiger partial charge in [0.25, 0.3) is 11.8 Å². The third-order valence-electron chi connectivity index (χ3n) is 3.80. The first kappa shape index (κ1) is 19.1. The first-order valence-corrected chi connectivity index (χ1v) is 8.01. The molecule has 0 aliphatic heterocycles. The average molecular weight is 364 g/mol. The largest absolute Gasteiger partial charge is 0.334 e. The van der Waals surface area contributed by atoms with E-state index in [2.05, 4.69) is 32.5 Å². The molecule has 8 heteroatoms. The summed E-state index contributed by atoms with van der Waals surface area (Å²) in [5, 5.41) is 11.2. The van der Waals surface area contributed by atoms with E-state index in [1.807, 2.05) is 45.2 Å². The highest BCUT2D eigenvalue weighted by atomic mass is 35.5. The molecule has 1 N–H and O–H groups in total. The number of rotatable bonds is 6. The second-order valence-electron chi connectivity index (χ2n) is 6.07. The van der Waals surface area contributed by atoms with Crippen molar-refractivity contribution in [2.24, 2.45) is 0 Å². The fourth-order valence-electron chi connectivity index (χ4n) is 2.26. The van der Waals surface area contributed by atoms with E-state index >= 15 is 0 Å². The summed E-state index contributed by atoms with van der Waals surface area (Å²) in [6, 6.07) is 7.92. The molecule has 0 saturated heterocycles. The van der Waals surface area contributed by atoms with Crippen LogP contribution in [0, 0.1) is 0 Å². The summed E-state index contributed by atoms with van der Waals surface area (Å²) < 4.78 is 10.8. The van der Waals surface area contributed by atoms with Gasteiger partial charge >= 0.3 is 0 Å². The van der Waals surface area contributed by atoms with Crippen LogP contribution >= 0.6 is 12.4 Å². The summed E-state index contributed by atoms with van der Waals surface area (Å²) in [6.07, 6.45) is 0.695. The monoisotopic (exact) mass is 363 g/mol. The molecule has 2 heterocycles. The molecule has 1 atom stereocenters. The number of aromatic nitrogens is 4. The zero-order valence-electron chi connectivity index (χ0n) is 14.7. The van der Waals surface area contributed by atoms with Crippen LogP contribution in [0.1, 0.15) is 38.3 Å². The van der Waals surface area contributed by atoms with Crippen molar-refractivity contribution in [1.29, 1.82) is 0 Å². The number of benzene rings is 1. The number of likely N-dealkylation sites (N-methyl/N-ethyl adjacent to an activating group) is 1. The Bertz CT molecular complexity index is 815. The Morgan fingerprint density at radius 3 is 2.12 bits per heavy atom. The van der Waals surface area contributed by atoms with Gasteiger partial charge < -0.3 is 14.4 Å². The lowest BCUT2D eigenvalue weighted by molar-refractivity contribution is 0.414. The van der Waals surface area contributed by atoms with E-state index in [1.54, 1.807) is 0 Å². The van der Waals surface area contributed by atoms with Crippen LogP contribution in [-0.2, 0) is 6.42 Å². The molecule has 3 rings (SSSR count). The highest BCUT2D eigenvalue weighted by molar-refractivity contribution is 5.85. The molecule has 7 nitrogen and oxygen atoms in total. The zero-order chi connectivity index (χ0) is 17.1. The Morgan fingerprint density at radius 1 is 0.960 bits per heavy atom. The van der Waals surface area contributed by atoms with Gasteiger partial charge in [-0.05, 0) is 26.1 Å². The van der Waals surface area contributed by atoms with Crippen LogP contribution in [0.2, 0.25) is 0 Å². The van der Waals surface area contributed by atoms with E-state index < -0.39 is 0 Å². The summed E-state index contributed by atoms with van der Waals surface area (Å²) in [7, 11) is 1.91. The normalized spacial score (nSPS) is 12.2. The van der Waals surface area contributed by atoms with Crippen molar-refractivity contribution >= 4 is 12.4 Å². The molecule has 0 spiro atoms. The van der Waals surface area contributed by atoms with E-state index in [-0.39, 0.29) is 24.4 Å². The van der Waals surface area contributed by atoms with E-state index in [0.717, 1.165) is 11.1 Å². The van der Waals surface area contributed by atoms with Crippen LogP contribution in [0.15, 0.2) is 33.3 Å². The molecule has 0 amide bonds. The lowest BCUT2D eigenvalue weighted by Crippen LogP contribution is -2.24. The highest BCUT2D eigenvalue weighted by Gasteiger charge is 2.19. The summed E-state index contributed by atoms with van der Waals surface area (Å²) in [6.45, 7) is 6.11. The Balaban J connectivity index is 0.00000225. The molecule has 0 aliphatic carbocycles. The average Bonchev–Trinajstić information content (AvgIpc) is 3.24. The smallest absolute Gasteiger partial charge is 0.258 e. The SMILES string of the molecule is CNC(C)Cc1noc(-c2ccccc2-c2nc(C(C)C)no2)n1.Cl. The van der Waals surface area contributed by atoms with Gasteiger partial charge in [0.1, 0.15) is 0 Å². The van der Waals surface area contributed by atoms with Gasteiger partial charge in [-0.1, -0.05) is 36.3 Å². The van der Waals surface area contributed by atoms with Gasteiger partial charge in [0.2, 0.25) is 0 Å². The first-order chi connectivity index (χ1) is 11.6. The quantitative estimate of drug-likeness (QED) is 0.716. The van der Waals surface area contributed by atoms with E-state index in [4.69, 9.17) is 9.05 Å². The standard InChI is InChI=1S/C17H21N5O2.ClH/c1-10(2)15-20-17(24-22-15)13-8-6-5-7-12(13)16-19-14(21-23-16)9-11(3)18-4;/h5-8,10-11,18H,9H2,1-4H3;1H. The van der Waals surface area contributed by atoms with Crippen molar-refractivity contribution in [3.05, 3.63) is 35.9 Å². The maximum atomic E-state index is 5.43. The second-order valence-corrected chi connectivity index (χ2v) is 6.07. The molecular formula is C17H22ClN5O2. The molecule has 0 bridgehead atoms. The van der Waals surface area contributed by atoms with Gasteiger partial charge in [0.05, 0.1) is 11.1 Å². The van der Waals surface area contributed by atoms with Crippen molar-refractivity contribution in [2.45, 2.75) is 39.2 Å². The Morgan fingerprint density at radius 2 is 1.56 bits per heavy atom. The van der Waals surface area contributed by atoms with Gasteiger partial charge in [0, 0.05) is 18.4 Å². The minimum absolute atomic E-state index is 0. The van der Waals surface area contributed by atoms with Crippen molar-refractivity contribution in [1.82, 2.24) is 25.6 Å². The summed E-state index contributed by atoms with van der Waals surface area (Å²) in [5.74, 6) is 2.45. The fourth-order valence-corrected chi connectivity index (χ4v) is 2.26. The third kappa shape index (κ3) is 4.24. The third-order valence-corrected chi connectivity index (χ3v) is 3.80. The maximum Gasteiger partial charge on any atom is 0.258 e. The van der Waals surface area contributed by atoms with Gasteiger partial charge in [0.15, 0.2) is 11.6 Å². The van der Waals surface area contributed by atoms with E-state index in [0.29, 0.717) is 29.9 Å². The summed E-state index contributed by atoms with van der Waals surface area (Å²) in [4.78, 5) is 8.95. The predicted molar refractivity (Wildman–Crippen MR) is 96.6 cm³/mol. The topological polar surface area (TPSA) is 89.9 Å². The number of nitrogens with one attached hydrogen (secondary N) is 1. The number of hydrogen-bond acceptors (Lipinski definition) is 7. The minimum atomic E-state index is 0. The van der Waals surface area contributed by atoms with Crippen LogP contribution in [-0.4, -0.2) is 33.4 Å². The van der Waals surface area contributed by atoms with Crippen molar-refractivity contribution in [3.8, 4) is 22.9 Å². The van der Waals surface area contributed by atoms with Crippen molar-refractivity contribution in [3.63, 3.8) is 0 Å². The van der Waals surface area contributed by atoms with E-state index in [9.17, 15) is 0 Å². The van der Waals surface area contributed by atoms with Crippen LogP contribution in [0.3, 0.4) is 0 Å². The maximum absolute atomic E-state index is 5.43. The molecule has 25 heavy (non-hydrogen) atoms. The molecule has 2 aromatic heterocycles. The van der Waals surface area contributed by atoms with Gasteiger partial charge in [-0.25, -0.2) is 0 Å². The zero-order valence-corrected chi connectivity index (χ0v) is 15.5. The molecule has 0 radical (unpaired) electrons. The second kappa shape index (κ2) is 8.22. The first-order valence-electron chi connectivity index (χ1n) is 8.01. The van der Waals surface area contributed by atoms with Crippen LogP contribution in [0.5, 0.6) is 0 Å². The van der Waals surface area contributed by atoms with Gasteiger partial charge in [-0.2, -0.15) is 9.97 Å². The Hall–Kier alpha value is -2.25.